The van der Waals surface area contributed by atoms with Crippen LogP contribution in [0.15, 0.2) is 105 Å². The number of rotatable bonds is 5. The highest BCUT2D eigenvalue weighted by Gasteiger charge is 2.28. The lowest BCUT2D eigenvalue weighted by Gasteiger charge is -2.15. The van der Waals surface area contributed by atoms with Crippen LogP contribution in [0.5, 0.6) is 0 Å². The molecule has 2 heterocycles. The molecule has 1 amide bonds. The molecule has 5 nitrogen and oxygen atoms in total. The Hall–Kier alpha value is -2.94. The fourth-order valence-electron chi connectivity index (χ4n) is 3.52. The molecule has 8 heteroatoms. The van der Waals surface area contributed by atoms with Gasteiger partial charge in [-0.25, -0.2) is 0 Å². The third-order valence-electron chi connectivity index (χ3n) is 5.15. The second-order valence-corrected chi connectivity index (χ2v) is 10.0. The van der Waals surface area contributed by atoms with E-state index in [-0.39, 0.29) is 5.24 Å². The van der Waals surface area contributed by atoms with E-state index >= 15 is 0 Å². The van der Waals surface area contributed by atoms with Crippen LogP contribution >= 0.6 is 39.0 Å². The van der Waals surface area contributed by atoms with Crippen molar-refractivity contribution in [1.82, 2.24) is 9.47 Å². The summed E-state index contributed by atoms with van der Waals surface area (Å²) in [5.41, 5.74) is 4.20. The zero-order valence-electron chi connectivity index (χ0n) is 17.5. The molecule has 1 fully saturated rings. The van der Waals surface area contributed by atoms with Crippen molar-refractivity contribution in [3.63, 3.8) is 0 Å². The summed E-state index contributed by atoms with van der Waals surface area (Å²) in [5.74, 6) is 1.19. The van der Waals surface area contributed by atoms with Gasteiger partial charge in [0.15, 0.2) is 0 Å². The van der Waals surface area contributed by atoms with Gasteiger partial charge in [0.1, 0.15) is 5.84 Å². The van der Waals surface area contributed by atoms with Crippen molar-refractivity contribution in [1.29, 1.82) is 0 Å². The highest BCUT2D eigenvalue weighted by atomic mass is 79.9. The lowest BCUT2D eigenvalue weighted by atomic mass is 10.1. The van der Waals surface area contributed by atoms with Gasteiger partial charge in [-0.15, -0.1) is 21.5 Å². The molecular weight excluding hydrogens is 516 g/mol. The average molecular weight is 535 g/mol. The second kappa shape index (κ2) is 9.91. The van der Waals surface area contributed by atoms with Crippen molar-refractivity contribution in [3.8, 4) is 16.9 Å². The van der Waals surface area contributed by atoms with E-state index in [9.17, 15) is 4.79 Å². The molecule has 4 aromatic rings. The Kier molecular flexibility index (Phi) is 6.57. The first-order chi connectivity index (χ1) is 16.2. The molecule has 164 valence electrons. The Balaban J connectivity index is 1.56. The number of benzene rings is 3. The van der Waals surface area contributed by atoms with Gasteiger partial charge < -0.3 is 0 Å². The van der Waals surface area contributed by atoms with Crippen molar-refractivity contribution in [3.05, 3.63) is 105 Å². The van der Waals surface area contributed by atoms with Gasteiger partial charge in [0, 0.05) is 15.5 Å². The number of hydrogen-bond donors (Lipinski definition) is 0. The lowest BCUT2D eigenvalue weighted by molar-refractivity contribution is 0.244. The van der Waals surface area contributed by atoms with Gasteiger partial charge in [0.25, 0.3) is 5.24 Å². The summed E-state index contributed by atoms with van der Waals surface area (Å²) >= 11 is 6.30. The number of thioether (sulfide) groups is 1. The number of hydrogen-bond acceptors (Lipinski definition) is 5. The Morgan fingerprint density at radius 3 is 2.30 bits per heavy atom. The maximum atomic E-state index is 12.5. The maximum absolute atomic E-state index is 12.5. The first-order valence-corrected chi connectivity index (χ1v) is 13.0. The molecule has 0 aliphatic carbocycles. The topological polar surface area (TPSA) is 50.0 Å². The van der Waals surface area contributed by atoms with Crippen LogP contribution in [-0.4, -0.2) is 26.3 Å². The van der Waals surface area contributed by atoms with E-state index in [0.29, 0.717) is 18.1 Å². The van der Waals surface area contributed by atoms with Crippen LogP contribution in [0.2, 0.25) is 0 Å². The minimum Gasteiger partial charge on any atom is -0.284 e. The van der Waals surface area contributed by atoms with E-state index in [1.54, 1.807) is 4.90 Å². The fraction of sp³-hybridized carbons (Fsp3) is 0.0800. The third kappa shape index (κ3) is 4.88. The molecule has 5 rings (SSSR count). The monoisotopic (exact) mass is 534 g/mol. The Bertz CT molecular complexity index is 1360. The summed E-state index contributed by atoms with van der Waals surface area (Å²) in [5, 5.41) is 11.2. The summed E-state index contributed by atoms with van der Waals surface area (Å²) in [6.45, 7) is 0.493. The number of carbonyl (C=O) groups is 1. The van der Waals surface area contributed by atoms with Gasteiger partial charge in [0.05, 0.1) is 18.0 Å². The molecule has 0 atom stereocenters. The van der Waals surface area contributed by atoms with E-state index in [0.717, 1.165) is 31.8 Å². The molecule has 0 spiro atoms. The minimum atomic E-state index is 0.00439. The first-order valence-electron chi connectivity index (χ1n) is 10.3. The van der Waals surface area contributed by atoms with E-state index < -0.39 is 0 Å². The summed E-state index contributed by atoms with van der Waals surface area (Å²) in [6, 6.07) is 28.3. The van der Waals surface area contributed by atoms with Crippen molar-refractivity contribution < 1.29 is 4.79 Å². The van der Waals surface area contributed by atoms with Gasteiger partial charge in [0.2, 0.25) is 4.80 Å². The standard InChI is InChI=1S/C25H19BrN4OS2/c26-20-11-13-21(14-12-20)30-22(19-9-5-2-6-10-19)16-32-24(30)28-27-23-17-33-25(31)29(23)15-18-7-3-1-4-8-18/h1-14,16H,15,17H2/b27-23+,28-24-. The molecule has 1 aliphatic rings. The Morgan fingerprint density at radius 1 is 0.879 bits per heavy atom. The van der Waals surface area contributed by atoms with Crippen LogP contribution in [0.25, 0.3) is 16.9 Å². The van der Waals surface area contributed by atoms with Gasteiger partial charge in [-0.05, 0) is 35.4 Å². The molecule has 3 aromatic carbocycles. The fourth-order valence-corrected chi connectivity index (χ4v) is 5.44. The number of amides is 1. The molecule has 1 aromatic heterocycles. The minimum absolute atomic E-state index is 0.00439. The molecule has 0 bridgehead atoms. The SMILES string of the molecule is O=C1SC/C(=N\N=c2/scc(-c3ccccc3)n2-c2ccc(Br)cc2)N1Cc1ccccc1. The molecule has 33 heavy (non-hydrogen) atoms. The smallest absolute Gasteiger partial charge is 0.284 e. The van der Waals surface area contributed by atoms with Crippen molar-refractivity contribution in [2.75, 3.05) is 5.75 Å². The highest BCUT2D eigenvalue weighted by molar-refractivity contribution is 9.10. The van der Waals surface area contributed by atoms with E-state index in [2.05, 4.69) is 48.2 Å². The summed E-state index contributed by atoms with van der Waals surface area (Å²) in [4.78, 5) is 14.9. The molecule has 1 saturated heterocycles. The van der Waals surface area contributed by atoms with Crippen molar-refractivity contribution >= 4 is 50.1 Å². The zero-order chi connectivity index (χ0) is 22.6. The molecule has 0 saturated carbocycles. The maximum Gasteiger partial charge on any atom is 0.287 e. The van der Waals surface area contributed by atoms with Crippen LogP contribution < -0.4 is 4.80 Å². The first kappa shape index (κ1) is 21.9. The number of aromatic nitrogens is 1. The molecule has 1 aliphatic heterocycles. The Labute approximate surface area is 208 Å². The van der Waals surface area contributed by atoms with Gasteiger partial charge in [-0.1, -0.05) is 88.4 Å². The molecule has 0 radical (unpaired) electrons. The normalized spacial score (nSPS) is 15.5. The number of halogens is 1. The van der Waals surface area contributed by atoms with Gasteiger partial charge in [-0.3, -0.25) is 14.3 Å². The van der Waals surface area contributed by atoms with Crippen LogP contribution in [-0.2, 0) is 6.54 Å². The molecular formula is C25H19BrN4OS2. The summed E-state index contributed by atoms with van der Waals surface area (Å²) in [6.07, 6.45) is 0. The summed E-state index contributed by atoms with van der Waals surface area (Å²) < 4.78 is 3.11. The number of amidine groups is 1. The number of nitrogens with zero attached hydrogens (tertiary/aromatic N) is 4. The highest BCUT2D eigenvalue weighted by Crippen LogP contribution is 2.25. The van der Waals surface area contributed by atoms with Crippen LogP contribution in [0.1, 0.15) is 5.56 Å². The van der Waals surface area contributed by atoms with Gasteiger partial charge in [-0.2, -0.15) is 0 Å². The van der Waals surface area contributed by atoms with Crippen LogP contribution in [0.3, 0.4) is 0 Å². The number of thiazole rings is 1. The number of carbonyl (C=O) groups excluding carboxylic acids is 1. The van der Waals surface area contributed by atoms with Crippen molar-refractivity contribution in [2.24, 2.45) is 10.2 Å². The third-order valence-corrected chi connectivity index (χ3v) is 7.37. The van der Waals surface area contributed by atoms with E-state index in [4.69, 9.17) is 0 Å². The average Bonchev–Trinajstić information content (AvgIpc) is 3.43. The largest absolute Gasteiger partial charge is 0.287 e. The predicted octanol–water partition coefficient (Wildman–Crippen LogP) is 6.55. The Morgan fingerprint density at radius 2 is 1.58 bits per heavy atom. The van der Waals surface area contributed by atoms with Crippen LogP contribution in [0, 0.1) is 0 Å². The van der Waals surface area contributed by atoms with Crippen molar-refractivity contribution in [2.45, 2.75) is 6.54 Å². The summed E-state index contributed by atoms with van der Waals surface area (Å²) in [7, 11) is 0. The molecule has 0 unspecified atom stereocenters. The zero-order valence-corrected chi connectivity index (χ0v) is 20.7. The second-order valence-electron chi connectivity index (χ2n) is 7.32. The van der Waals surface area contributed by atoms with E-state index in [1.807, 2.05) is 72.8 Å². The van der Waals surface area contributed by atoms with E-state index in [1.165, 1.54) is 23.1 Å². The quantitative estimate of drug-likeness (QED) is 0.272. The lowest BCUT2D eigenvalue weighted by Crippen LogP contribution is -2.28. The predicted molar refractivity (Wildman–Crippen MR) is 140 cm³/mol. The molecule has 0 N–H and O–H groups in total. The van der Waals surface area contributed by atoms with Gasteiger partial charge >= 0.3 is 0 Å². The van der Waals surface area contributed by atoms with Crippen LogP contribution in [0.4, 0.5) is 4.79 Å².